The Morgan fingerprint density at radius 3 is 2.33 bits per heavy atom. The van der Waals surface area contributed by atoms with Crippen LogP contribution in [0.3, 0.4) is 0 Å². The molecule has 0 saturated heterocycles. The lowest BCUT2D eigenvalue weighted by molar-refractivity contribution is 0.471. The van der Waals surface area contributed by atoms with Crippen LogP contribution in [-0.4, -0.2) is 12.8 Å². The Balaban J connectivity index is 3.78. The fourth-order valence-corrected chi connectivity index (χ4v) is 1.16. The van der Waals surface area contributed by atoms with Crippen LogP contribution in [0.15, 0.2) is 12.3 Å². The molecule has 0 aromatic rings. The molecule has 1 N–H and O–H groups in total. The van der Waals surface area contributed by atoms with Crippen molar-refractivity contribution in [1.82, 2.24) is 5.32 Å². The van der Waals surface area contributed by atoms with E-state index < -0.39 is 0 Å². The fourth-order valence-electron chi connectivity index (χ4n) is 1.16. The Morgan fingerprint density at radius 1 is 1.50 bits per heavy atom. The second kappa shape index (κ2) is 4.59. The largest absolute Gasteiger partial charge is 0.385 e. The highest BCUT2D eigenvalue weighted by atomic mass is 15.0. The molecule has 0 saturated carbocycles. The molecule has 0 fully saturated rings. The van der Waals surface area contributed by atoms with E-state index in [9.17, 15) is 0 Å². The Kier molecular flexibility index (Phi) is 4.44. The van der Waals surface area contributed by atoms with E-state index in [-0.39, 0.29) is 5.54 Å². The highest BCUT2D eigenvalue weighted by Gasteiger charge is 2.17. The lowest BCUT2D eigenvalue weighted by atomic mass is 9.59. The molecule has 0 atom stereocenters. The monoisotopic (exact) mass is 166 g/mol. The van der Waals surface area contributed by atoms with Crippen molar-refractivity contribution in [3.63, 3.8) is 0 Å². The highest BCUT2D eigenvalue weighted by Crippen LogP contribution is 2.14. The third kappa shape index (κ3) is 6.32. The maximum absolute atomic E-state index is 3.84. The van der Waals surface area contributed by atoms with Gasteiger partial charge < -0.3 is 5.32 Å². The quantitative estimate of drug-likeness (QED) is 0.619. The molecule has 0 unspecified atom stereocenters. The minimum Gasteiger partial charge on any atom is -0.385 e. The van der Waals surface area contributed by atoms with Crippen molar-refractivity contribution >= 4 is 7.28 Å². The van der Waals surface area contributed by atoms with Crippen molar-refractivity contribution in [1.29, 1.82) is 0 Å². The summed E-state index contributed by atoms with van der Waals surface area (Å²) in [4.78, 5) is 0. The molecule has 0 aromatic carbocycles. The molecular weight excluding hydrogens is 145 g/mol. The van der Waals surface area contributed by atoms with Crippen molar-refractivity contribution in [2.45, 2.75) is 52.3 Å². The molecule has 0 aromatic heterocycles. The van der Waals surface area contributed by atoms with Gasteiger partial charge in [0.2, 0.25) is 0 Å². The zero-order valence-corrected chi connectivity index (χ0v) is 9.07. The normalized spacial score (nSPS) is 11.5. The van der Waals surface area contributed by atoms with Crippen LogP contribution in [0, 0.1) is 0 Å². The summed E-state index contributed by atoms with van der Waals surface area (Å²) in [6.45, 7) is 14.6. The van der Waals surface area contributed by atoms with E-state index >= 15 is 0 Å². The molecule has 0 spiro atoms. The van der Waals surface area contributed by atoms with E-state index in [2.05, 4.69) is 46.9 Å². The summed E-state index contributed by atoms with van der Waals surface area (Å²) in [5.41, 5.74) is 1.19. The summed E-state index contributed by atoms with van der Waals surface area (Å²) in [5, 5.41) is 3.35. The average Bonchev–Trinajstić information content (AvgIpc) is 1.81. The van der Waals surface area contributed by atoms with Gasteiger partial charge in [-0.1, -0.05) is 32.6 Å². The molecule has 0 rings (SSSR count). The van der Waals surface area contributed by atoms with Crippen LogP contribution in [0.25, 0.3) is 0 Å². The van der Waals surface area contributed by atoms with E-state index in [1.54, 1.807) is 0 Å². The number of nitrogens with one attached hydrogen (secondary N) is 1. The Labute approximate surface area is 77.9 Å². The molecule has 0 aliphatic heterocycles. The van der Waals surface area contributed by atoms with Crippen molar-refractivity contribution in [3.8, 4) is 0 Å². The zero-order valence-electron chi connectivity index (χ0n) is 9.07. The maximum Gasteiger partial charge on any atom is 0.115 e. The number of hydrogen-bond donors (Lipinski definition) is 1. The predicted molar refractivity (Wildman–Crippen MR) is 57.7 cm³/mol. The van der Waals surface area contributed by atoms with Crippen LogP contribution in [0.4, 0.5) is 0 Å². The van der Waals surface area contributed by atoms with Crippen molar-refractivity contribution < 1.29 is 0 Å². The van der Waals surface area contributed by atoms with Gasteiger partial charge >= 0.3 is 0 Å². The molecule has 69 valence electrons. The van der Waals surface area contributed by atoms with E-state index in [0.717, 1.165) is 12.0 Å². The van der Waals surface area contributed by atoms with Gasteiger partial charge in [-0.05, 0) is 20.8 Å². The maximum atomic E-state index is 3.84. The van der Waals surface area contributed by atoms with E-state index in [1.165, 1.54) is 0 Å². The Bertz CT molecular complexity index is 150. The van der Waals surface area contributed by atoms with Gasteiger partial charge in [0.1, 0.15) is 7.28 Å². The predicted octanol–water partition coefficient (Wildman–Crippen LogP) is 2.84. The van der Waals surface area contributed by atoms with Gasteiger partial charge in [-0.15, -0.1) is 0 Å². The average molecular weight is 166 g/mol. The third-order valence-electron chi connectivity index (χ3n) is 1.65. The topological polar surface area (TPSA) is 12.0 Å². The van der Waals surface area contributed by atoms with Gasteiger partial charge in [0, 0.05) is 11.2 Å². The first-order valence-electron chi connectivity index (χ1n) is 4.60. The molecule has 1 radical (unpaired) electrons. The van der Waals surface area contributed by atoms with Crippen LogP contribution in [0.5, 0.6) is 0 Å². The number of allylic oxidation sites excluding steroid dienone is 1. The molecule has 0 aliphatic carbocycles. The first kappa shape index (κ1) is 11.6. The van der Waals surface area contributed by atoms with Gasteiger partial charge in [0.15, 0.2) is 0 Å². The SMILES string of the molecule is C=C(C)NC(C)(C)C[B]C(C)C. The summed E-state index contributed by atoms with van der Waals surface area (Å²) in [7, 11) is 2.33. The molecule has 12 heavy (non-hydrogen) atoms. The van der Waals surface area contributed by atoms with Crippen molar-refractivity contribution in [3.05, 3.63) is 12.3 Å². The summed E-state index contributed by atoms with van der Waals surface area (Å²) >= 11 is 0. The molecule has 0 bridgehead atoms. The lowest BCUT2D eigenvalue weighted by Gasteiger charge is -2.28. The van der Waals surface area contributed by atoms with Crippen LogP contribution >= 0.6 is 0 Å². The molecule has 2 heteroatoms. The lowest BCUT2D eigenvalue weighted by Crippen LogP contribution is -2.38. The standard InChI is InChI=1S/C10H21BN/c1-8(2)11-7-10(5,6)12-9(3)4/h8,12H,3,7H2,1-2,4-6H3. The molecule has 1 nitrogen and oxygen atoms in total. The van der Waals surface area contributed by atoms with E-state index in [1.807, 2.05) is 6.92 Å². The second-order valence-corrected chi connectivity index (χ2v) is 4.47. The summed E-state index contributed by atoms with van der Waals surface area (Å²) in [6.07, 6.45) is 1.08. The van der Waals surface area contributed by atoms with Crippen LogP contribution in [-0.2, 0) is 0 Å². The van der Waals surface area contributed by atoms with Crippen LogP contribution in [0.2, 0.25) is 12.1 Å². The second-order valence-electron chi connectivity index (χ2n) is 4.47. The molecular formula is C10H21BN. The summed E-state index contributed by atoms with van der Waals surface area (Å²) in [5.74, 6) is 0.663. The fraction of sp³-hybridized carbons (Fsp3) is 0.800. The van der Waals surface area contributed by atoms with E-state index in [0.29, 0.717) is 5.82 Å². The first-order valence-corrected chi connectivity index (χ1v) is 4.60. The third-order valence-corrected chi connectivity index (χ3v) is 1.65. The highest BCUT2D eigenvalue weighted by molar-refractivity contribution is 6.37. The minimum absolute atomic E-state index is 0.149. The van der Waals surface area contributed by atoms with Gasteiger partial charge in [-0.25, -0.2) is 0 Å². The Hall–Kier alpha value is -0.395. The van der Waals surface area contributed by atoms with Gasteiger partial charge in [0.25, 0.3) is 0 Å². The van der Waals surface area contributed by atoms with Gasteiger partial charge in [-0.3, -0.25) is 0 Å². The molecule has 0 aliphatic rings. The minimum atomic E-state index is 0.149. The smallest absolute Gasteiger partial charge is 0.115 e. The van der Waals surface area contributed by atoms with E-state index in [4.69, 9.17) is 0 Å². The van der Waals surface area contributed by atoms with Crippen molar-refractivity contribution in [2.24, 2.45) is 0 Å². The van der Waals surface area contributed by atoms with Gasteiger partial charge in [-0.2, -0.15) is 0 Å². The number of hydrogen-bond acceptors (Lipinski definition) is 1. The summed E-state index contributed by atoms with van der Waals surface area (Å²) < 4.78 is 0. The van der Waals surface area contributed by atoms with Crippen LogP contribution in [0.1, 0.15) is 34.6 Å². The van der Waals surface area contributed by atoms with Crippen LogP contribution < -0.4 is 5.32 Å². The molecule has 0 heterocycles. The van der Waals surface area contributed by atoms with Gasteiger partial charge in [0.05, 0.1) is 0 Å². The Morgan fingerprint density at radius 2 is 2.00 bits per heavy atom. The summed E-state index contributed by atoms with van der Waals surface area (Å²) in [6, 6.07) is 0. The zero-order chi connectivity index (χ0) is 9.78. The first-order chi connectivity index (χ1) is 5.33. The molecule has 0 amide bonds. The number of rotatable bonds is 5. The van der Waals surface area contributed by atoms with Crippen molar-refractivity contribution in [2.75, 3.05) is 0 Å².